The molecule has 6 nitrogen and oxygen atoms in total. The minimum absolute atomic E-state index is 0. The summed E-state index contributed by atoms with van der Waals surface area (Å²) in [6.07, 6.45) is -0.0354. The summed E-state index contributed by atoms with van der Waals surface area (Å²) in [5.41, 5.74) is 0. The van der Waals surface area contributed by atoms with Crippen LogP contribution >= 0.6 is 24.0 Å². The van der Waals surface area contributed by atoms with Crippen molar-refractivity contribution in [2.45, 2.75) is 32.9 Å². The van der Waals surface area contributed by atoms with Crippen molar-refractivity contribution < 1.29 is 13.9 Å². The number of furan rings is 1. The second-order valence-electron chi connectivity index (χ2n) is 5.88. The molecule has 1 heterocycles. The van der Waals surface area contributed by atoms with E-state index in [1.54, 1.807) is 14.2 Å². The van der Waals surface area contributed by atoms with Gasteiger partial charge in [-0.15, -0.1) is 24.0 Å². The molecular formula is C19H28IN3O3. The Labute approximate surface area is 172 Å². The monoisotopic (exact) mass is 473 g/mol. The van der Waals surface area contributed by atoms with Crippen LogP contribution in [0, 0.1) is 6.92 Å². The van der Waals surface area contributed by atoms with E-state index in [0.717, 1.165) is 23.0 Å². The predicted octanol–water partition coefficient (Wildman–Crippen LogP) is 3.91. The van der Waals surface area contributed by atoms with Crippen molar-refractivity contribution in [3.8, 4) is 11.5 Å². The summed E-state index contributed by atoms with van der Waals surface area (Å²) in [7, 11) is 3.38. The highest BCUT2D eigenvalue weighted by Gasteiger charge is 2.12. The van der Waals surface area contributed by atoms with Gasteiger partial charge in [-0.05, 0) is 45.0 Å². The Kier molecular flexibility index (Phi) is 9.32. The van der Waals surface area contributed by atoms with E-state index < -0.39 is 0 Å². The first-order chi connectivity index (χ1) is 12.0. The third-order valence-corrected chi connectivity index (χ3v) is 3.70. The van der Waals surface area contributed by atoms with Crippen molar-refractivity contribution in [1.82, 2.24) is 10.6 Å². The van der Waals surface area contributed by atoms with Crippen molar-refractivity contribution in [3.63, 3.8) is 0 Å². The van der Waals surface area contributed by atoms with Crippen molar-refractivity contribution in [2.24, 2.45) is 4.99 Å². The highest BCUT2D eigenvalue weighted by atomic mass is 127. The van der Waals surface area contributed by atoms with Crippen LogP contribution < -0.4 is 20.1 Å². The minimum atomic E-state index is -0.0354. The molecule has 2 unspecified atom stereocenters. The van der Waals surface area contributed by atoms with Crippen LogP contribution in [0.4, 0.5) is 0 Å². The maximum absolute atomic E-state index is 5.90. The third-order valence-electron chi connectivity index (χ3n) is 3.70. The molecule has 0 aliphatic heterocycles. The molecule has 0 saturated heterocycles. The quantitative estimate of drug-likeness (QED) is 0.363. The molecule has 0 bridgehead atoms. The Bertz CT molecular complexity index is 703. The Hall–Kier alpha value is -1.90. The van der Waals surface area contributed by atoms with Crippen LogP contribution in [-0.2, 0) is 0 Å². The third kappa shape index (κ3) is 6.78. The first-order valence-corrected chi connectivity index (χ1v) is 8.36. The van der Waals surface area contributed by atoms with E-state index in [2.05, 4.69) is 15.6 Å². The number of rotatable bonds is 7. The van der Waals surface area contributed by atoms with Crippen molar-refractivity contribution in [1.29, 1.82) is 0 Å². The number of guanidine groups is 1. The van der Waals surface area contributed by atoms with Gasteiger partial charge in [0, 0.05) is 13.1 Å². The molecule has 2 N–H and O–H groups in total. The summed E-state index contributed by atoms with van der Waals surface area (Å²) >= 11 is 0. The summed E-state index contributed by atoms with van der Waals surface area (Å²) < 4.78 is 16.7. The number of nitrogens with zero attached hydrogens (tertiary/aromatic N) is 1. The van der Waals surface area contributed by atoms with Gasteiger partial charge in [0.05, 0.1) is 19.7 Å². The lowest BCUT2D eigenvalue weighted by Crippen LogP contribution is -2.42. The van der Waals surface area contributed by atoms with Crippen LogP contribution in [0.15, 0.2) is 45.8 Å². The number of halogens is 1. The van der Waals surface area contributed by atoms with Gasteiger partial charge in [0.2, 0.25) is 0 Å². The fourth-order valence-electron chi connectivity index (χ4n) is 2.35. The van der Waals surface area contributed by atoms with Crippen molar-refractivity contribution in [3.05, 3.63) is 47.9 Å². The summed E-state index contributed by atoms with van der Waals surface area (Å²) in [5.74, 6) is 4.02. The van der Waals surface area contributed by atoms with E-state index in [-0.39, 0.29) is 36.1 Å². The summed E-state index contributed by atoms with van der Waals surface area (Å²) in [6.45, 7) is 6.57. The lowest BCUT2D eigenvalue weighted by atomic mass is 10.2. The van der Waals surface area contributed by atoms with E-state index in [1.165, 1.54) is 0 Å². The molecule has 2 atom stereocenters. The minimum Gasteiger partial charge on any atom is -0.497 e. The van der Waals surface area contributed by atoms with Crippen molar-refractivity contribution in [2.75, 3.05) is 20.7 Å². The second-order valence-corrected chi connectivity index (χ2v) is 5.88. The second kappa shape index (κ2) is 10.9. The molecule has 26 heavy (non-hydrogen) atoms. The van der Waals surface area contributed by atoms with E-state index >= 15 is 0 Å². The maximum atomic E-state index is 5.90. The molecule has 0 saturated carbocycles. The predicted molar refractivity (Wildman–Crippen MR) is 115 cm³/mol. The summed E-state index contributed by atoms with van der Waals surface area (Å²) in [4.78, 5) is 4.24. The lowest BCUT2D eigenvalue weighted by molar-refractivity contribution is 0.222. The first-order valence-electron chi connectivity index (χ1n) is 8.36. The summed E-state index contributed by atoms with van der Waals surface area (Å²) in [5, 5.41) is 6.57. The SMILES string of the molecule is CN=C(NCC(C)Oc1cccc(OC)c1)NC(C)c1ccc(C)o1.I. The van der Waals surface area contributed by atoms with E-state index in [1.807, 2.05) is 57.2 Å². The van der Waals surface area contributed by atoms with Crippen LogP contribution in [0.5, 0.6) is 11.5 Å². The fourth-order valence-corrected chi connectivity index (χ4v) is 2.35. The van der Waals surface area contributed by atoms with E-state index in [9.17, 15) is 0 Å². The number of hydrogen-bond donors (Lipinski definition) is 2. The topological polar surface area (TPSA) is 68.0 Å². The Morgan fingerprint density at radius 1 is 1.19 bits per heavy atom. The van der Waals surface area contributed by atoms with Crippen LogP contribution in [0.3, 0.4) is 0 Å². The number of aryl methyl sites for hydroxylation is 1. The highest BCUT2D eigenvalue weighted by molar-refractivity contribution is 14.0. The zero-order valence-electron chi connectivity index (χ0n) is 15.9. The maximum Gasteiger partial charge on any atom is 0.191 e. The molecule has 1 aromatic heterocycles. The Balaban J connectivity index is 0.00000338. The van der Waals surface area contributed by atoms with Gasteiger partial charge < -0.3 is 24.5 Å². The zero-order chi connectivity index (χ0) is 18.2. The fraction of sp³-hybridized carbons (Fsp3) is 0.421. The summed E-state index contributed by atoms with van der Waals surface area (Å²) in [6, 6.07) is 11.5. The molecule has 0 fully saturated rings. The van der Waals surface area contributed by atoms with Gasteiger partial charge in [0.15, 0.2) is 5.96 Å². The van der Waals surface area contributed by atoms with Crippen LogP contribution in [0.25, 0.3) is 0 Å². The average molecular weight is 473 g/mol. The molecule has 2 rings (SSSR count). The number of ether oxygens (including phenoxy) is 2. The average Bonchev–Trinajstić information content (AvgIpc) is 3.05. The zero-order valence-corrected chi connectivity index (χ0v) is 18.2. The van der Waals surface area contributed by atoms with Gasteiger partial charge in [-0.3, -0.25) is 4.99 Å². The number of nitrogens with one attached hydrogen (secondary N) is 2. The van der Waals surface area contributed by atoms with Crippen molar-refractivity contribution >= 4 is 29.9 Å². The molecule has 1 aromatic carbocycles. The molecule has 2 aromatic rings. The molecule has 7 heteroatoms. The highest BCUT2D eigenvalue weighted by Crippen LogP contribution is 2.20. The van der Waals surface area contributed by atoms with E-state index in [0.29, 0.717) is 12.5 Å². The lowest BCUT2D eigenvalue weighted by Gasteiger charge is -2.20. The van der Waals surface area contributed by atoms with Gasteiger partial charge >= 0.3 is 0 Å². The Morgan fingerprint density at radius 3 is 2.54 bits per heavy atom. The van der Waals surface area contributed by atoms with Crippen LogP contribution in [0.1, 0.15) is 31.4 Å². The molecule has 0 radical (unpaired) electrons. The van der Waals surface area contributed by atoms with Gasteiger partial charge in [0.1, 0.15) is 29.1 Å². The van der Waals surface area contributed by atoms with Crippen LogP contribution in [-0.4, -0.2) is 32.8 Å². The number of aliphatic imine (C=N–C) groups is 1. The molecule has 0 amide bonds. The van der Waals surface area contributed by atoms with Crippen LogP contribution in [0.2, 0.25) is 0 Å². The molecule has 0 aliphatic carbocycles. The first kappa shape index (κ1) is 22.1. The molecule has 0 spiro atoms. The molecule has 144 valence electrons. The van der Waals surface area contributed by atoms with Gasteiger partial charge in [-0.2, -0.15) is 0 Å². The van der Waals surface area contributed by atoms with Gasteiger partial charge in [-0.1, -0.05) is 6.07 Å². The largest absolute Gasteiger partial charge is 0.497 e. The standard InChI is InChI=1S/C19H27N3O3.HI/c1-13-9-10-18(25-13)15(3)22-19(20-4)21-12-14(2)24-17-8-6-7-16(11-17)23-5;/h6-11,14-15H,12H2,1-5H3,(H2,20,21,22);1H. The van der Waals surface area contributed by atoms with Gasteiger partial charge in [0.25, 0.3) is 0 Å². The van der Waals surface area contributed by atoms with Gasteiger partial charge in [-0.25, -0.2) is 0 Å². The Morgan fingerprint density at radius 2 is 1.92 bits per heavy atom. The number of benzene rings is 1. The smallest absolute Gasteiger partial charge is 0.191 e. The number of hydrogen-bond acceptors (Lipinski definition) is 4. The van der Waals surface area contributed by atoms with E-state index in [4.69, 9.17) is 13.9 Å². The molecule has 0 aliphatic rings. The number of methoxy groups -OCH3 is 1. The normalized spacial score (nSPS) is 13.3. The molecular weight excluding hydrogens is 445 g/mol.